The number of carbonyl (C=O) groups excluding carboxylic acids is 2. The van der Waals surface area contributed by atoms with Gasteiger partial charge in [0.2, 0.25) is 5.88 Å². The highest BCUT2D eigenvalue weighted by molar-refractivity contribution is 7.17. The van der Waals surface area contributed by atoms with Gasteiger partial charge in [-0.15, -0.1) is 31.7 Å². The zero-order chi connectivity index (χ0) is 30.6. The topological polar surface area (TPSA) is 156 Å². The molecule has 0 radical (unpaired) electrons. The molecule has 42 heavy (non-hydrogen) atoms. The number of halogens is 1. The van der Waals surface area contributed by atoms with Crippen molar-refractivity contribution < 1.29 is 23.5 Å². The van der Waals surface area contributed by atoms with E-state index in [4.69, 9.17) is 9.47 Å². The molecule has 0 fully saturated rings. The third-order valence-corrected chi connectivity index (χ3v) is 6.50. The summed E-state index contributed by atoms with van der Waals surface area (Å²) in [7, 11) is 11.7. The molecule has 0 saturated carbocycles. The third-order valence-electron chi connectivity index (χ3n) is 5.48. The molecular formula is C24H27B3FN9O4S. The van der Waals surface area contributed by atoms with Gasteiger partial charge in [0.25, 0.3) is 11.8 Å². The fraction of sp³-hybridized carbons (Fsp3) is 0.208. The van der Waals surface area contributed by atoms with E-state index in [0.29, 0.717) is 27.1 Å². The lowest BCUT2D eigenvalue weighted by Gasteiger charge is -2.22. The highest BCUT2D eigenvalue weighted by atomic mass is 32.1. The molecule has 3 heterocycles. The number of ether oxygens (including phenoxy) is 2. The minimum atomic E-state index is -0.599. The fourth-order valence-electron chi connectivity index (χ4n) is 3.67. The number of methoxy groups -OCH3 is 2. The van der Waals surface area contributed by atoms with Crippen LogP contribution in [0.1, 0.15) is 20.2 Å². The zero-order valence-corrected chi connectivity index (χ0v) is 24.9. The van der Waals surface area contributed by atoms with Crippen LogP contribution in [0.4, 0.5) is 27.4 Å². The first-order chi connectivity index (χ1) is 19.9. The number of aromatic nitrogens is 5. The Morgan fingerprint density at radius 3 is 2.31 bits per heavy atom. The van der Waals surface area contributed by atoms with Crippen LogP contribution in [0.3, 0.4) is 0 Å². The number of amides is 2. The van der Waals surface area contributed by atoms with Crippen LogP contribution in [-0.2, 0) is 0 Å². The number of hydrogen-bond donors (Lipinski definition) is 3. The summed E-state index contributed by atoms with van der Waals surface area (Å²) in [5, 5.41) is 24.9. The van der Waals surface area contributed by atoms with E-state index < -0.39 is 17.0 Å². The van der Waals surface area contributed by atoms with Crippen molar-refractivity contribution in [3.63, 3.8) is 0 Å². The minimum absolute atomic E-state index is 0.0442. The Morgan fingerprint density at radius 1 is 0.952 bits per heavy atom. The summed E-state index contributed by atoms with van der Waals surface area (Å²) in [6.45, 7) is 0. The van der Waals surface area contributed by atoms with Gasteiger partial charge in [0.05, 0.1) is 37.4 Å². The van der Waals surface area contributed by atoms with Crippen molar-refractivity contribution in [3.8, 4) is 22.2 Å². The third kappa shape index (κ3) is 7.12. The van der Waals surface area contributed by atoms with Crippen LogP contribution in [0.2, 0.25) is 0 Å². The standard InChI is InChI=1S/C24H27B3FN9O4S/c1-37(2)23(39)15-10-29-22(42-15)12-7-11(28)8-14(20(12)41-4)30-13-9-17(31-16-5-6-18(40-3)35-33-16)34-36-19(13)21(38)32-24(25,26)27/h5-10H,25-27H2,1-4H3,(H,32,38)(H2,30,31,33,34). The molecule has 3 aromatic heterocycles. The molecule has 13 nitrogen and oxygen atoms in total. The summed E-state index contributed by atoms with van der Waals surface area (Å²) in [4.78, 5) is 31.7. The number of benzene rings is 1. The molecule has 0 bridgehead atoms. The Kier molecular flexibility index (Phi) is 8.94. The van der Waals surface area contributed by atoms with Crippen LogP contribution >= 0.6 is 11.3 Å². The number of rotatable bonds is 10. The van der Waals surface area contributed by atoms with Gasteiger partial charge in [-0.2, -0.15) is 0 Å². The Hall–Kier alpha value is -4.73. The lowest BCUT2D eigenvalue weighted by Crippen LogP contribution is -2.50. The first kappa shape index (κ1) is 30.2. The first-order valence-corrected chi connectivity index (χ1v) is 13.4. The lowest BCUT2D eigenvalue weighted by atomic mass is 9.49. The molecule has 3 N–H and O–H groups in total. The molecule has 4 aromatic rings. The summed E-state index contributed by atoms with van der Waals surface area (Å²) in [5.74, 6) is -0.188. The van der Waals surface area contributed by atoms with Crippen molar-refractivity contribution in [2.75, 3.05) is 38.9 Å². The number of nitrogens with one attached hydrogen (secondary N) is 3. The lowest BCUT2D eigenvalue weighted by molar-refractivity contribution is 0.0831. The van der Waals surface area contributed by atoms with Crippen molar-refractivity contribution in [2.45, 2.75) is 5.24 Å². The molecule has 0 aliphatic carbocycles. The average Bonchev–Trinajstić information content (AvgIpc) is 3.42. The van der Waals surface area contributed by atoms with Crippen molar-refractivity contribution >= 4 is 69.7 Å². The van der Waals surface area contributed by atoms with E-state index in [1.54, 1.807) is 26.2 Å². The van der Waals surface area contributed by atoms with Gasteiger partial charge in [-0.25, -0.2) is 9.37 Å². The molecule has 18 heteroatoms. The fourth-order valence-corrected chi connectivity index (χ4v) is 4.62. The number of thiazole rings is 1. The second kappa shape index (κ2) is 12.4. The van der Waals surface area contributed by atoms with E-state index in [0.717, 1.165) is 11.3 Å². The van der Waals surface area contributed by atoms with Crippen LogP contribution in [0.25, 0.3) is 10.6 Å². The maximum atomic E-state index is 15.0. The van der Waals surface area contributed by atoms with Gasteiger partial charge in [0, 0.05) is 32.3 Å². The van der Waals surface area contributed by atoms with Gasteiger partial charge in [0.15, 0.2) is 23.1 Å². The van der Waals surface area contributed by atoms with Crippen LogP contribution in [0, 0.1) is 5.82 Å². The van der Waals surface area contributed by atoms with Gasteiger partial charge in [-0.05, 0) is 17.4 Å². The Bertz CT molecular complexity index is 1620. The molecule has 214 valence electrons. The normalized spacial score (nSPS) is 11.0. The van der Waals surface area contributed by atoms with Crippen molar-refractivity contribution in [1.82, 2.24) is 35.6 Å². The van der Waals surface area contributed by atoms with Crippen molar-refractivity contribution in [3.05, 3.63) is 52.9 Å². The predicted molar refractivity (Wildman–Crippen MR) is 165 cm³/mol. The second-order valence-corrected chi connectivity index (χ2v) is 11.2. The molecule has 0 spiro atoms. The molecule has 0 atom stereocenters. The van der Waals surface area contributed by atoms with E-state index in [9.17, 15) is 14.0 Å². The first-order valence-electron chi connectivity index (χ1n) is 12.6. The summed E-state index contributed by atoms with van der Waals surface area (Å²) >= 11 is 1.10. The summed E-state index contributed by atoms with van der Waals surface area (Å²) in [6.07, 6.45) is 1.43. The van der Waals surface area contributed by atoms with Crippen LogP contribution < -0.4 is 25.4 Å². The zero-order valence-electron chi connectivity index (χ0n) is 24.1. The maximum absolute atomic E-state index is 15.0. The molecule has 4 rings (SSSR count). The van der Waals surface area contributed by atoms with Crippen LogP contribution in [0.5, 0.6) is 11.6 Å². The van der Waals surface area contributed by atoms with Gasteiger partial charge in [-0.3, -0.25) is 9.59 Å². The van der Waals surface area contributed by atoms with Gasteiger partial charge in [-0.1, -0.05) is 0 Å². The molecule has 0 aliphatic heterocycles. The Balaban J connectivity index is 1.76. The van der Waals surface area contributed by atoms with Crippen molar-refractivity contribution in [1.29, 1.82) is 0 Å². The molecule has 1 aromatic carbocycles. The Morgan fingerprint density at radius 2 is 1.69 bits per heavy atom. The smallest absolute Gasteiger partial charge is 0.272 e. The molecule has 0 unspecified atom stereocenters. The monoisotopic (exact) mass is 589 g/mol. The number of carbonyl (C=O) groups is 2. The Labute approximate surface area is 247 Å². The van der Waals surface area contributed by atoms with E-state index in [1.807, 2.05) is 23.5 Å². The van der Waals surface area contributed by atoms with Gasteiger partial charge < -0.3 is 30.3 Å². The average molecular weight is 589 g/mol. The number of nitrogens with zero attached hydrogens (tertiary/aromatic N) is 6. The minimum Gasteiger partial charge on any atom is -0.494 e. The van der Waals surface area contributed by atoms with E-state index in [-0.39, 0.29) is 34.5 Å². The highest BCUT2D eigenvalue weighted by Gasteiger charge is 2.24. The summed E-state index contributed by atoms with van der Waals surface area (Å²) < 4.78 is 25.7. The van der Waals surface area contributed by atoms with Crippen molar-refractivity contribution in [2.24, 2.45) is 0 Å². The van der Waals surface area contributed by atoms with Crippen LogP contribution in [0.15, 0.2) is 36.5 Å². The van der Waals surface area contributed by atoms with Gasteiger partial charge >= 0.3 is 0 Å². The summed E-state index contributed by atoms with van der Waals surface area (Å²) in [6, 6.07) is 7.25. The number of anilines is 4. The maximum Gasteiger partial charge on any atom is 0.272 e. The SMILES string of the molecule is BC(B)(B)NC(=O)c1nnc(Nc2ccc(OC)nn2)cc1Nc1cc(F)cc(-c2ncc(C(=O)N(C)C)s2)c1OC. The van der Waals surface area contributed by atoms with E-state index in [1.165, 1.54) is 43.5 Å². The molecule has 0 saturated heterocycles. The van der Waals surface area contributed by atoms with Gasteiger partial charge in [0.1, 0.15) is 39.2 Å². The number of hydrogen-bond acceptors (Lipinski definition) is 12. The summed E-state index contributed by atoms with van der Waals surface area (Å²) in [5.41, 5.74) is 0.666. The predicted octanol–water partition coefficient (Wildman–Crippen LogP) is -0.0242. The molecule has 2 amide bonds. The highest BCUT2D eigenvalue weighted by Crippen LogP contribution is 2.41. The van der Waals surface area contributed by atoms with E-state index >= 15 is 0 Å². The van der Waals surface area contributed by atoms with E-state index in [2.05, 4.69) is 41.3 Å². The van der Waals surface area contributed by atoms with Crippen LogP contribution in [-0.4, -0.2) is 99.2 Å². The largest absolute Gasteiger partial charge is 0.494 e. The molecular weight excluding hydrogens is 562 g/mol. The molecule has 0 aliphatic rings. The second-order valence-electron chi connectivity index (χ2n) is 10.2. The quantitative estimate of drug-likeness (QED) is 0.214.